The summed E-state index contributed by atoms with van der Waals surface area (Å²) in [5, 5.41) is 5.13. The lowest BCUT2D eigenvalue weighted by molar-refractivity contribution is -0.122. The summed E-state index contributed by atoms with van der Waals surface area (Å²) >= 11 is 0. The third kappa shape index (κ3) is 3.26. The number of piperidine rings is 1. The maximum absolute atomic E-state index is 12.8. The molecule has 0 radical (unpaired) electrons. The molecule has 1 atom stereocenters. The first-order valence-corrected chi connectivity index (χ1v) is 4.41. The normalized spacial score (nSPS) is 26.8. The molecule has 1 saturated heterocycles. The molecule has 1 fully saturated rings. The Kier molecular flexibility index (Phi) is 3.19. The Morgan fingerprint density at radius 2 is 2.38 bits per heavy atom. The number of carbonyl (C=O) groups is 1. The second kappa shape index (κ2) is 4.00. The number of rotatable bonds is 2. The summed E-state index contributed by atoms with van der Waals surface area (Å²) in [5.74, 6) is -2.87. The lowest BCUT2D eigenvalue weighted by atomic mass is 10.0. The Morgan fingerprint density at radius 3 is 2.92 bits per heavy atom. The number of hydrogen-bond acceptors (Lipinski definition) is 2. The maximum atomic E-state index is 12.8. The van der Waals surface area contributed by atoms with Crippen LogP contribution < -0.4 is 10.6 Å². The van der Waals surface area contributed by atoms with Crippen LogP contribution in [-0.4, -0.2) is 31.0 Å². The van der Waals surface area contributed by atoms with Crippen molar-refractivity contribution in [1.29, 1.82) is 0 Å². The molecule has 0 aromatic carbocycles. The number of halogens is 2. The fourth-order valence-corrected chi connectivity index (χ4v) is 1.37. The van der Waals surface area contributed by atoms with Crippen molar-refractivity contribution in [1.82, 2.24) is 10.6 Å². The van der Waals surface area contributed by atoms with Crippen molar-refractivity contribution >= 4 is 5.91 Å². The largest absolute Gasteiger partial charge is 0.352 e. The molecule has 1 heterocycles. The van der Waals surface area contributed by atoms with E-state index in [1.807, 2.05) is 0 Å². The van der Waals surface area contributed by atoms with Crippen molar-refractivity contribution in [3.63, 3.8) is 0 Å². The van der Waals surface area contributed by atoms with Gasteiger partial charge in [-0.15, -0.1) is 0 Å². The second-order valence-corrected chi connectivity index (χ2v) is 3.31. The molecule has 0 aromatic rings. The van der Waals surface area contributed by atoms with Crippen molar-refractivity contribution in [3.8, 4) is 0 Å². The summed E-state index contributed by atoms with van der Waals surface area (Å²) in [6.45, 7) is 1.84. The predicted molar refractivity (Wildman–Crippen MR) is 44.7 cm³/mol. The van der Waals surface area contributed by atoms with Gasteiger partial charge in [0, 0.05) is 25.4 Å². The van der Waals surface area contributed by atoms with Gasteiger partial charge in [0.2, 0.25) is 5.91 Å². The lowest BCUT2D eigenvalue weighted by Gasteiger charge is -2.30. The van der Waals surface area contributed by atoms with Crippen molar-refractivity contribution in [3.05, 3.63) is 0 Å². The van der Waals surface area contributed by atoms with Gasteiger partial charge >= 0.3 is 0 Å². The quantitative estimate of drug-likeness (QED) is 0.669. The second-order valence-electron chi connectivity index (χ2n) is 3.31. The summed E-state index contributed by atoms with van der Waals surface area (Å²) in [4.78, 5) is 10.9. The van der Waals surface area contributed by atoms with Crippen LogP contribution in [-0.2, 0) is 4.79 Å². The van der Waals surface area contributed by atoms with Gasteiger partial charge in [0.05, 0.1) is 6.54 Å². The summed E-state index contributed by atoms with van der Waals surface area (Å²) in [6.07, 6.45) is 0.0772. The molecular formula is C8H14F2N2O. The molecule has 13 heavy (non-hydrogen) atoms. The Bertz CT molecular complexity index is 197. The van der Waals surface area contributed by atoms with Crippen LogP contribution in [0.5, 0.6) is 0 Å². The van der Waals surface area contributed by atoms with Crippen LogP contribution in [0.2, 0.25) is 0 Å². The summed E-state index contributed by atoms with van der Waals surface area (Å²) < 4.78 is 25.6. The van der Waals surface area contributed by atoms with Gasteiger partial charge in [0.15, 0.2) is 0 Å². The zero-order valence-corrected chi connectivity index (χ0v) is 7.57. The van der Waals surface area contributed by atoms with E-state index in [2.05, 4.69) is 10.6 Å². The SMILES string of the molecule is CCC(=O)NC1CNCC(F)(F)C1. The first kappa shape index (κ1) is 10.4. The van der Waals surface area contributed by atoms with E-state index in [0.29, 0.717) is 13.0 Å². The molecule has 1 aliphatic heterocycles. The Morgan fingerprint density at radius 1 is 1.69 bits per heavy atom. The van der Waals surface area contributed by atoms with E-state index in [1.165, 1.54) is 0 Å². The first-order chi connectivity index (χ1) is 6.03. The van der Waals surface area contributed by atoms with Crippen molar-refractivity contribution in [2.24, 2.45) is 0 Å². The monoisotopic (exact) mass is 192 g/mol. The zero-order chi connectivity index (χ0) is 9.90. The number of amides is 1. The average molecular weight is 192 g/mol. The molecule has 0 aromatic heterocycles. The Hall–Kier alpha value is -0.710. The van der Waals surface area contributed by atoms with E-state index < -0.39 is 12.0 Å². The van der Waals surface area contributed by atoms with E-state index in [1.54, 1.807) is 6.92 Å². The van der Waals surface area contributed by atoms with E-state index >= 15 is 0 Å². The van der Waals surface area contributed by atoms with Crippen LogP contribution in [0.25, 0.3) is 0 Å². The molecule has 1 aliphatic rings. The summed E-state index contributed by atoms with van der Waals surface area (Å²) in [6, 6.07) is -0.434. The topological polar surface area (TPSA) is 41.1 Å². The number of carbonyl (C=O) groups excluding carboxylic acids is 1. The highest BCUT2D eigenvalue weighted by molar-refractivity contribution is 5.75. The fourth-order valence-electron chi connectivity index (χ4n) is 1.37. The van der Waals surface area contributed by atoms with Gasteiger partial charge in [0.25, 0.3) is 5.92 Å². The predicted octanol–water partition coefficient (Wildman–Crippen LogP) is 0.510. The third-order valence-corrected chi connectivity index (χ3v) is 2.01. The average Bonchev–Trinajstić information content (AvgIpc) is 2.02. The highest BCUT2D eigenvalue weighted by Gasteiger charge is 2.36. The van der Waals surface area contributed by atoms with Crippen LogP contribution >= 0.6 is 0 Å². The number of nitrogens with one attached hydrogen (secondary N) is 2. The summed E-state index contributed by atoms with van der Waals surface area (Å²) in [7, 11) is 0. The lowest BCUT2D eigenvalue weighted by Crippen LogP contribution is -2.53. The molecule has 5 heteroatoms. The molecule has 0 spiro atoms. The van der Waals surface area contributed by atoms with Gasteiger partial charge in [-0.1, -0.05) is 6.92 Å². The summed E-state index contributed by atoms with van der Waals surface area (Å²) in [5.41, 5.74) is 0. The van der Waals surface area contributed by atoms with Crippen molar-refractivity contribution < 1.29 is 13.6 Å². The van der Waals surface area contributed by atoms with Crippen LogP contribution in [0, 0.1) is 0 Å². The minimum Gasteiger partial charge on any atom is -0.352 e. The molecular weight excluding hydrogens is 178 g/mol. The smallest absolute Gasteiger partial charge is 0.262 e. The van der Waals surface area contributed by atoms with Crippen LogP contribution in [0.4, 0.5) is 8.78 Å². The molecule has 0 bridgehead atoms. The standard InChI is InChI=1S/C8H14F2N2O/c1-2-7(13)12-6-3-8(9,10)5-11-4-6/h6,11H,2-5H2,1H3,(H,12,13). The van der Waals surface area contributed by atoms with Gasteiger partial charge in [-0.05, 0) is 0 Å². The van der Waals surface area contributed by atoms with Crippen molar-refractivity contribution in [2.45, 2.75) is 31.7 Å². The minimum atomic E-state index is -2.69. The van der Waals surface area contributed by atoms with E-state index in [9.17, 15) is 13.6 Å². The van der Waals surface area contributed by atoms with Crippen LogP contribution in [0.15, 0.2) is 0 Å². The molecule has 0 saturated carbocycles. The molecule has 1 unspecified atom stereocenters. The minimum absolute atomic E-state index is 0.176. The highest BCUT2D eigenvalue weighted by atomic mass is 19.3. The molecule has 76 valence electrons. The van der Waals surface area contributed by atoms with E-state index in [4.69, 9.17) is 0 Å². The molecule has 0 aliphatic carbocycles. The molecule has 1 amide bonds. The van der Waals surface area contributed by atoms with Crippen molar-refractivity contribution in [2.75, 3.05) is 13.1 Å². The van der Waals surface area contributed by atoms with Gasteiger partial charge in [0.1, 0.15) is 0 Å². The van der Waals surface area contributed by atoms with Gasteiger partial charge in [-0.3, -0.25) is 4.79 Å². The fraction of sp³-hybridized carbons (Fsp3) is 0.875. The van der Waals surface area contributed by atoms with Crippen LogP contribution in [0.1, 0.15) is 19.8 Å². The molecule has 3 nitrogen and oxygen atoms in total. The third-order valence-electron chi connectivity index (χ3n) is 2.01. The molecule has 1 rings (SSSR count). The van der Waals surface area contributed by atoms with E-state index in [0.717, 1.165) is 0 Å². The van der Waals surface area contributed by atoms with E-state index in [-0.39, 0.29) is 18.9 Å². The van der Waals surface area contributed by atoms with Crippen LogP contribution in [0.3, 0.4) is 0 Å². The maximum Gasteiger partial charge on any atom is 0.262 e. The Labute approximate surface area is 75.9 Å². The Balaban J connectivity index is 2.39. The van der Waals surface area contributed by atoms with Gasteiger partial charge in [-0.2, -0.15) is 0 Å². The first-order valence-electron chi connectivity index (χ1n) is 4.41. The number of hydrogen-bond donors (Lipinski definition) is 2. The zero-order valence-electron chi connectivity index (χ0n) is 7.57. The van der Waals surface area contributed by atoms with Gasteiger partial charge < -0.3 is 10.6 Å². The number of alkyl halides is 2. The van der Waals surface area contributed by atoms with Gasteiger partial charge in [-0.25, -0.2) is 8.78 Å². The molecule has 2 N–H and O–H groups in total. The highest BCUT2D eigenvalue weighted by Crippen LogP contribution is 2.22.